The van der Waals surface area contributed by atoms with Crippen LogP contribution in [0.1, 0.15) is 5.89 Å². The van der Waals surface area contributed by atoms with Gasteiger partial charge in [0.25, 0.3) is 0 Å². The Balaban J connectivity index is 1.99. The van der Waals surface area contributed by atoms with Crippen molar-refractivity contribution in [2.45, 2.75) is 5.75 Å². The van der Waals surface area contributed by atoms with Crippen molar-refractivity contribution in [2.75, 3.05) is 5.75 Å². The summed E-state index contributed by atoms with van der Waals surface area (Å²) in [6, 6.07) is 3.55. The SMILES string of the molecule is O=C(O)CSCc1nc(-c2ccncc2)no1. The molecule has 0 radical (unpaired) electrons. The van der Waals surface area contributed by atoms with Gasteiger partial charge in [0.1, 0.15) is 0 Å². The maximum Gasteiger partial charge on any atom is 0.313 e. The predicted molar refractivity (Wildman–Crippen MR) is 61.3 cm³/mol. The molecule has 7 heteroatoms. The average Bonchev–Trinajstić information content (AvgIpc) is 2.78. The van der Waals surface area contributed by atoms with E-state index in [1.54, 1.807) is 24.5 Å². The van der Waals surface area contributed by atoms with E-state index in [2.05, 4.69) is 15.1 Å². The zero-order chi connectivity index (χ0) is 12.1. The molecule has 2 heterocycles. The zero-order valence-electron chi connectivity index (χ0n) is 8.74. The molecular weight excluding hydrogens is 242 g/mol. The fourth-order valence-corrected chi connectivity index (χ4v) is 1.73. The Morgan fingerprint density at radius 1 is 1.41 bits per heavy atom. The molecule has 2 aromatic heterocycles. The second-order valence-corrected chi connectivity index (χ2v) is 4.12. The van der Waals surface area contributed by atoms with Gasteiger partial charge in [0.2, 0.25) is 11.7 Å². The molecule has 6 nitrogen and oxygen atoms in total. The predicted octanol–water partition coefficient (Wildman–Crippen LogP) is 1.45. The number of carbonyl (C=O) groups is 1. The largest absolute Gasteiger partial charge is 0.481 e. The molecule has 0 spiro atoms. The normalized spacial score (nSPS) is 10.4. The van der Waals surface area contributed by atoms with Crippen LogP contribution in [0.5, 0.6) is 0 Å². The van der Waals surface area contributed by atoms with Crippen LogP contribution >= 0.6 is 11.8 Å². The molecule has 0 saturated heterocycles. The van der Waals surface area contributed by atoms with Gasteiger partial charge in [-0.15, -0.1) is 11.8 Å². The second-order valence-electron chi connectivity index (χ2n) is 3.13. The summed E-state index contributed by atoms with van der Waals surface area (Å²) in [6.45, 7) is 0. The summed E-state index contributed by atoms with van der Waals surface area (Å²) in [5.74, 6) is 0.461. The number of pyridine rings is 1. The molecule has 0 amide bonds. The molecule has 0 aliphatic rings. The summed E-state index contributed by atoms with van der Waals surface area (Å²) in [4.78, 5) is 18.4. The van der Waals surface area contributed by atoms with Gasteiger partial charge in [0, 0.05) is 18.0 Å². The van der Waals surface area contributed by atoms with Gasteiger partial charge in [-0.2, -0.15) is 4.98 Å². The van der Waals surface area contributed by atoms with E-state index in [1.807, 2.05) is 0 Å². The number of hydrogen-bond acceptors (Lipinski definition) is 6. The van der Waals surface area contributed by atoms with Crippen molar-refractivity contribution in [2.24, 2.45) is 0 Å². The number of rotatable bonds is 5. The van der Waals surface area contributed by atoms with Gasteiger partial charge in [0.05, 0.1) is 11.5 Å². The Morgan fingerprint density at radius 2 is 2.18 bits per heavy atom. The molecule has 17 heavy (non-hydrogen) atoms. The Hall–Kier alpha value is -1.89. The van der Waals surface area contributed by atoms with Crippen LogP contribution < -0.4 is 0 Å². The minimum absolute atomic E-state index is 0.0208. The van der Waals surface area contributed by atoms with Crippen molar-refractivity contribution in [3.05, 3.63) is 30.4 Å². The van der Waals surface area contributed by atoms with E-state index in [-0.39, 0.29) is 5.75 Å². The van der Waals surface area contributed by atoms with Crippen LogP contribution in [0.2, 0.25) is 0 Å². The summed E-state index contributed by atoms with van der Waals surface area (Å²) in [6.07, 6.45) is 3.29. The lowest BCUT2D eigenvalue weighted by Crippen LogP contribution is -1.98. The van der Waals surface area contributed by atoms with Crippen molar-refractivity contribution >= 4 is 17.7 Å². The van der Waals surface area contributed by atoms with Gasteiger partial charge in [-0.05, 0) is 12.1 Å². The summed E-state index contributed by atoms with van der Waals surface area (Å²) in [5, 5.41) is 12.3. The highest BCUT2D eigenvalue weighted by Gasteiger charge is 2.08. The second kappa shape index (κ2) is 5.44. The topological polar surface area (TPSA) is 89.1 Å². The highest BCUT2D eigenvalue weighted by molar-refractivity contribution is 7.99. The Bertz CT molecular complexity index is 501. The van der Waals surface area contributed by atoms with Crippen LogP contribution in [0, 0.1) is 0 Å². The molecule has 2 aromatic rings. The molecule has 1 N–H and O–H groups in total. The quantitative estimate of drug-likeness (QED) is 0.860. The van der Waals surface area contributed by atoms with Crippen molar-refractivity contribution in [3.63, 3.8) is 0 Å². The average molecular weight is 251 g/mol. The molecule has 0 unspecified atom stereocenters. The minimum Gasteiger partial charge on any atom is -0.481 e. The lowest BCUT2D eigenvalue weighted by atomic mass is 10.3. The van der Waals surface area contributed by atoms with Crippen molar-refractivity contribution in [1.29, 1.82) is 0 Å². The highest BCUT2D eigenvalue weighted by Crippen LogP contribution is 2.16. The lowest BCUT2D eigenvalue weighted by Gasteiger charge is -1.91. The fraction of sp³-hybridized carbons (Fsp3) is 0.200. The number of nitrogens with zero attached hydrogens (tertiary/aromatic N) is 3. The molecule has 2 rings (SSSR count). The lowest BCUT2D eigenvalue weighted by molar-refractivity contribution is -0.133. The third kappa shape index (κ3) is 3.28. The first kappa shape index (κ1) is 11.6. The van der Waals surface area contributed by atoms with Crippen molar-refractivity contribution in [1.82, 2.24) is 15.1 Å². The van der Waals surface area contributed by atoms with Crippen molar-refractivity contribution in [3.8, 4) is 11.4 Å². The van der Waals surface area contributed by atoms with Crippen LogP contribution in [-0.2, 0) is 10.5 Å². The highest BCUT2D eigenvalue weighted by atomic mass is 32.2. The van der Waals surface area contributed by atoms with E-state index >= 15 is 0 Å². The van der Waals surface area contributed by atoms with Crippen LogP contribution in [-0.4, -0.2) is 32.0 Å². The van der Waals surface area contributed by atoms with Crippen LogP contribution in [0.25, 0.3) is 11.4 Å². The Labute approximate surface area is 101 Å². The Kier molecular flexibility index (Phi) is 3.71. The smallest absolute Gasteiger partial charge is 0.313 e. The molecule has 0 fully saturated rings. The van der Waals surface area contributed by atoms with Gasteiger partial charge >= 0.3 is 5.97 Å². The van der Waals surface area contributed by atoms with Gasteiger partial charge in [-0.25, -0.2) is 0 Å². The van der Waals surface area contributed by atoms with Crippen molar-refractivity contribution < 1.29 is 14.4 Å². The molecule has 0 bridgehead atoms. The molecule has 0 aliphatic carbocycles. The molecule has 88 valence electrons. The first-order valence-electron chi connectivity index (χ1n) is 4.78. The van der Waals surface area contributed by atoms with E-state index in [0.717, 1.165) is 5.56 Å². The monoisotopic (exact) mass is 251 g/mol. The first-order chi connectivity index (χ1) is 8.25. The van der Waals surface area contributed by atoms with Crippen LogP contribution in [0.15, 0.2) is 29.0 Å². The molecular formula is C10H9N3O3S. The number of aromatic nitrogens is 3. The summed E-state index contributed by atoms with van der Waals surface area (Å²) < 4.78 is 5.01. The number of carboxylic acid groups (broad SMARTS) is 1. The summed E-state index contributed by atoms with van der Waals surface area (Å²) in [7, 11) is 0. The summed E-state index contributed by atoms with van der Waals surface area (Å²) in [5.41, 5.74) is 0.818. The first-order valence-corrected chi connectivity index (χ1v) is 5.93. The third-order valence-corrected chi connectivity index (χ3v) is 2.76. The number of thioether (sulfide) groups is 1. The van der Waals surface area contributed by atoms with E-state index in [1.165, 1.54) is 11.8 Å². The van der Waals surface area contributed by atoms with E-state index < -0.39 is 5.97 Å². The molecule has 0 atom stereocenters. The van der Waals surface area contributed by atoms with Gasteiger partial charge in [-0.3, -0.25) is 9.78 Å². The number of aliphatic carboxylic acids is 1. The number of carboxylic acids is 1. The van der Waals surface area contributed by atoms with Crippen LogP contribution in [0.3, 0.4) is 0 Å². The Morgan fingerprint density at radius 3 is 2.88 bits per heavy atom. The van der Waals surface area contributed by atoms with E-state index in [0.29, 0.717) is 17.5 Å². The maximum atomic E-state index is 10.3. The van der Waals surface area contributed by atoms with E-state index in [9.17, 15) is 4.79 Å². The molecule has 0 aromatic carbocycles. The van der Waals surface area contributed by atoms with Gasteiger partial charge < -0.3 is 9.63 Å². The third-order valence-electron chi connectivity index (χ3n) is 1.86. The zero-order valence-corrected chi connectivity index (χ0v) is 9.55. The molecule has 0 aliphatic heterocycles. The number of hydrogen-bond donors (Lipinski definition) is 1. The molecule has 0 saturated carbocycles. The summed E-state index contributed by atoms with van der Waals surface area (Å²) >= 11 is 1.21. The standard InChI is InChI=1S/C10H9N3O3S/c14-9(15)6-17-5-8-12-10(13-16-8)7-1-3-11-4-2-7/h1-4H,5-6H2,(H,14,15). The van der Waals surface area contributed by atoms with Gasteiger partial charge in [-0.1, -0.05) is 5.16 Å². The van der Waals surface area contributed by atoms with Gasteiger partial charge in [0.15, 0.2) is 0 Å². The minimum atomic E-state index is -0.858. The van der Waals surface area contributed by atoms with E-state index in [4.69, 9.17) is 9.63 Å². The van der Waals surface area contributed by atoms with Crippen LogP contribution in [0.4, 0.5) is 0 Å². The fourth-order valence-electron chi connectivity index (χ4n) is 1.16. The maximum absolute atomic E-state index is 10.3.